The highest BCUT2D eigenvalue weighted by atomic mass is 79.9. The molecular weight excluding hydrogens is 593 g/mol. The Kier molecular flexibility index (Phi) is 6.64. The van der Waals surface area contributed by atoms with E-state index < -0.39 is 31.6 Å². The van der Waals surface area contributed by atoms with Crippen molar-refractivity contribution in [3.05, 3.63) is 92.7 Å². The van der Waals surface area contributed by atoms with Crippen LogP contribution in [0.3, 0.4) is 0 Å². The van der Waals surface area contributed by atoms with Crippen LogP contribution in [0.2, 0.25) is 18.6 Å². The SMILES string of the molecule is C[C@@H]1[C@@H]([Si](C)(C)F)[C@H](CCO)O[C@@]12C(=O)N(Cc1ccc(-n3[nH]c4ccccc4c3=O)cc1)c1ccc(Br)cc12. The number of hydrogen-bond acceptors (Lipinski definition) is 4. The molecule has 1 aromatic heterocycles. The van der Waals surface area contributed by atoms with Gasteiger partial charge in [-0.05, 0) is 67.5 Å². The van der Waals surface area contributed by atoms with Crippen molar-refractivity contribution < 1.29 is 18.7 Å². The second-order valence-corrected chi connectivity index (χ2v) is 16.0. The van der Waals surface area contributed by atoms with Crippen LogP contribution < -0.4 is 10.5 Å². The summed E-state index contributed by atoms with van der Waals surface area (Å²) in [6.45, 7) is 5.37. The third-order valence-electron chi connectivity index (χ3n) is 8.46. The number of ether oxygens (including phenoxy) is 1. The molecule has 4 aromatic rings. The minimum Gasteiger partial charge on any atom is -0.396 e. The number of nitrogens with one attached hydrogen (secondary N) is 1. The Labute approximate surface area is 240 Å². The highest BCUT2D eigenvalue weighted by molar-refractivity contribution is 9.10. The Hall–Kier alpha value is -3.05. The summed E-state index contributed by atoms with van der Waals surface area (Å²) in [5.41, 5.74) is 1.90. The van der Waals surface area contributed by atoms with Gasteiger partial charge in [-0.2, -0.15) is 0 Å². The van der Waals surface area contributed by atoms with E-state index in [1.807, 2.05) is 67.6 Å². The van der Waals surface area contributed by atoms with Gasteiger partial charge in [-0.25, -0.2) is 4.68 Å². The summed E-state index contributed by atoms with van der Waals surface area (Å²) in [6.07, 6.45) is -0.265. The lowest BCUT2D eigenvalue weighted by Gasteiger charge is -2.31. The maximum Gasteiger partial charge on any atom is 0.279 e. The maximum absolute atomic E-state index is 15.7. The van der Waals surface area contributed by atoms with Gasteiger partial charge in [0.25, 0.3) is 11.5 Å². The van der Waals surface area contributed by atoms with Crippen molar-refractivity contribution in [1.29, 1.82) is 0 Å². The zero-order valence-electron chi connectivity index (χ0n) is 22.5. The Morgan fingerprint density at radius 2 is 1.82 bits per heavy atom. The zero-order chi connectivity index (χ0) is 28.4. The molecule has 1 saturated heterocycles. The maximum atomic E-state index is 15.7. The number of aromatic nitrogens is 2. The Bertz CT molecular complexity index is 1660. The van der Waals surface area contributed by atoms with Crippen molar-refractivity contribution in [2.75, 3.05) is 11.5 Å². The molecule has 4 atom stereocenters. The van der Waals surface area contributed by atoms with E-state index in [1.165, 1.54) is 4.68 Å². The molecule has 40 heavy (non-hydrogen) atoms. The van der Waals surface area contributed by atoms with Gasteiger partial charge in [-0.3, -0.25) is 14.7 Å². The average molecular weight is 625 g/mol. The van der Waals surface area contributed by atoms with Gasteiger partial charge >= 0.3 is 0 Å². The highest BCUT2D eigenvalue weighted by Crippen LogP contribution is 2.60. The number of amides is 1. The first kappa shape index (κ1) is 27.1. The van der Waals surface area contributed by atoms with Crippen LogP contribution in [0.25, 0.3) is 16.6 Å². The van der Waals surface area contributed by atoms with Gasteiger partial charge in [0, 0.05) is 28.1 Å². The van der Waals surface area contributed by atoms with Crippen molar-refractivity contribution in [3.8, 4) is 5.69 Å². The van der Waals surface area contributed by atoms with Crippen molar-refractivity contribution in [2.24, 2.45) is 5.92 Å². The molecule has 1 fully saturated rings. The Balaban J connectivity index is 1.36. The number of halogens is 2. The summed E-state index contributed by atoms with van der Waals surface area (Å²) in [4.78, 5) is 28.9. The van der Waals surface area contributed by atoms with Crippen LogP contribution in [-0.2, 0) is 21.7 Å². The van der Waals surface area contributed by atoms with Crippen molar-refractivity contribution in [2.45, 2.75) is 50.2 Å². The van der Waals surface area contributed by atoms with Crippen LogP contribution in [0.5, 0.6) is 0 Å². The van der Waals surface area contributed by atoms with Crippen molar-refractivity contribution in [1.82, 2.24) is 9.78 Å². The molecule has 6 rings (SSSR count). The second-order valence-electron chi connectivity index (χ2n) is 11.3. The lowest BCUT2D eigenvalue weighted by atomic mass is 9.82. The van der Waals surface area contributed by atoms with Gasteiger partial charge in [-0.1, -0.05) is 47.1 Å². The normalized spacial score (nSPS) is 24.4. The number of aliphatic hydroxyl groups excluding tert-OH is 1. The summed E-state index contributed by atoms with van der Waals surface area (Å²) >= 11 is 3.55. The fourth-order valence-corrected chi connectivity index (χ4v) is 9.65. The fourth-order valence-electron chi connectivity index (χ4n) is 6.75. The molecule has 0 radical (unpaired) electrons. The zero-order valence-corrected chi connectivity index (χ0v) is 25.1. The third-order valence-corrected chi connectivity index (χ3v) is 11.4. The molecular formula is C30H31BrFN3O4Si. The number of rotatable bonds is 6. The Morgan fingerprint density at radius 3 is 2.50 bits per heavy atom. The number of carbonyl (C=O) groups excluding carboxylic acids is 1. The van der Waals surface area contributed by atoms with Crippen LogP contribution in [0.1, 0.15) is 24.5 Å². The number of fused-ring (bicyclic) bond motifs is 3. The van der Waals surface area contributed by atoms with Crippen molar-refractivity contribution >= 4 is 46.8 Å². The number of carbonyl (C=O) groups is 1. The van der Waals surface area contributed by atoms with Crippen LogP contribution in [0.4, 0.5) is 9.80 Å². The van der Waals surface area contributed by atoms with Crippen LogP contribution in [0.15, 0.2) is 76.0 Å². The first-order valence-electron chi connectivity index (χ1n) is 13.4. The van der Waals surface area contributed by atoms with Gasteiger partial charge < -0.3 is 18.9 Å². The molecule has 10 heteroatoms. The van der Waals surface area contributed by atoms with E-state index >= 15 is 4.11 Å². The van der Waals surface area contributed by atoms with Gasteiger partial charge in [-0.15, -0.1) is 0 Å². The van der Waals surface area contributed by atoms with E-state index in [0.717, 1.165) is 26.8 Å². The fraction of sp³-hybridized carbons (Fsp3) is 0.333. The monoisotopic (exact) mass is 623 g/mol. The van der Waals surface area contributed by atoms with E-state index in [2.05, 4.69) is 21.0 Å². The van der Waals surface area contributed by atoms with E-state index in [9.17, 15) is 14.7 Å². The summed E-state index contributed by atoms with van der Waals surface area (Å²) in [5.74, 6) is -0.620. The number of aromatic amines is 1. The molecule has 1 spiro atoms. The first-order valence-corrected chi connectivity index (χ1v) is 17.2. The molecule has 0 bridgehead atoms. The topological polar surface area (TPSA) is 87.6 Å². The van der Waals surface area contributed by atoms with Crippen LogP contribution >= 0.6 is 15.9 Å². The molecule has 0 aliphatic carbocycles. The predicted octanol–water partition coefficient (Wildman–Crippen LogP) is 5.79. The lowest BCUT2D eigenvalue weighted by Crippen LogP contribution is -2.45. The number of nitrogens with zero attached hydrogens (tertiary/aromatic N) is 2. The smallest absolute Gasteiger partial charge is 0.279 e. The number of benzene rings is 3. The minimum atomic E-state index is -3.25. The van der Waals surface area contributed by atoms with Gasteiger partial charge in [0.1, 0.15) is 0 Å². The third kappa shape index (κ3) is 4.11. The van der Waals surface area contributed by atoms with Gasteiger partial charge in [0.2, 0.25) is 8.41 Å². The second kappa shape index (κ2) is 9.80. The van der Waals surface area contributed by atoms with Crippen molar-refractivity contribution in [3.63, 3.8) is 0 Å². The first-order chi connectivity index (χ1) is 19.1. The molecule has 2 aliphatic heterocycles. The summed E-state index contributed by atoms with van der Waals surface area (Å²) in [7, 11) is -3.25. The lowest BCUT2D eigenvalue weighted by molar-refractivity contribution is -0.146. The minimum absolute atomic E-state index is 0.127. The molecule has 0 saturated carbocycles. The molecule has 2 N–H and O–H groups in total. The van der Waals surface area contributed by atoms with E-state index in [0.29, 0.717) is 17.6 Å². The Morgan fingerprint density at radius 1 is 1.10 bits per heavy atom. The molecule has 0 unspecified atom stereocenters. The summed E-state index contributed by atoms with van der Waals surface area (Å²) < 4.78 is 24.6. The van der Waals surface area contributed by atoms with Crippen LogP contribution in [0, 0.1) is 5.92 Å². The highest BCUT2D eigenvalue weighted by Gasteiger charge is 2.66. The van der Waals surface area contributed by atoms with E-state index in [-0.39, 0.29) is 24.5 Å². The molecule has 208 valence electrons. The number of hydrogen-bond donors (Lipinski definition) is 2. The number of aliphatic hydroxyl groups is 1. The number of para-hydroxylation sites is 1. The largest absolute Gasteiger partial charge is 0.396 e. The molecule has 7 nitrogen and oxygen atoms in total. The van der Waals surface area contributed by atoms with Crippen LogP contribution in [-0.4, -0.2) is 41.9 Å². The molecule has 2 aliphatic rings. The number of H-pyrrole nitrogens is 1. The quantitative estimate of drug-likeness (QED) is 0.210. The molecule has 1 amide bonds. The number of anilines is 1. The molecule has 3 heterocycles. The van der Waals surface area contributed by atoms with Gasteiger partial charge in [0.15, 0.2) is 5.60 Å². The predicted molar refractivity (Wildman–Crippen MR) is 159 cm³/mol. The average Bonchev–Trinajstić information content (AvgIpc) is 3.49. The standard InChI is InChI=1S/C30H31BrFN3O4Si/c1-18-27(40(2,3)32)26(14-15-36)39-30(18)23-16-20(31)10-13-25(23)34(29(30)38)17-19-8-11-21(12-9-19)35-28(37)22-6-4-5-7-24(22)33-35/h4-13,16,18,26-27,33,36H,14-15,17H2,1-3H3/t18-,26+,27-,30+/m1/s1. The summed E-state index contributed by atoms with van der Waals surface area (Å²) in [6, 6.07) is 20.6. The molecule has 3 aromatic carbocycles. The van der Waals surface area contributed by atoms with Gasteiger partial charge in [0.05, 0.1) is 34.9 Å². The summed E-state index contributed by atoms with van der Waals surface area (Å²) in [5, 5.41) is 13.5. The van der Waals surface area contributed by atoms with E-state index in [4.69, 9.17) is 4.74 Å². The van der Waals surface area contributed by atoms with E-state index in [1.54, 1.807) is 24.1 Å².